The van der Waals surface area contributed by atoms with Crippen molar-refractivity contribution in [1.29, 1.82) is 0 Å². The molecular weight excluding hydrogens is 196 g/mol. The Morgan fingerprint density at radius 2 is 1.56 bits per heavy atom. The van der Waals surface area contributed by atoms with Gasteiger partial charge in [-0.1, -0.05) is 38.5 Å². The second kappa shape index (κ2) is 5.50. The van der Waals surface area contributed by atoms with Crippen molar-refractivity contribution < 1.29 is 0 Å². The van der Waals surface area contributed by atoms with Gasteiger partial charge >= 0.3 is 0 Å². The Morgan fingerprint density at radius 3 is 2.19 bits per heavy atom. The largest absolute Gasteiger partial charge is 0.324 e. The highest BCUT2D eigenvalue weighted by Gasteiger charge is 2.30. The molecule has 2 nitrogen and oxygen atoms in total. The van der Waals surface area contributed by atoms with Gasteiger partial charge in [0.1, 0.15) is 0 Å². The summed E-state index contributed by atoms with van der Waals surface area (Å²) in [6.07, 6.45) is 13.6. The van der Waals surface area contributed by atoms with Crippen molar-refractivity contribution in [2.45, 2.75) is 75.8 Å². The molecule has 2 rings (SSSR count). The average molecular weight is 224 g/mol. The average Bonchev–Trinajstić information content (AvgIpc) is 2.30. The molecule has 0 radical (unpaired) electrons. The highest BCUT2D eigenvalue weighted by molar-refractivity contribution is 4.91. The third-order valence-corrected chi connectivity index (χ3v) is 4.61. The SMILES string of the molecule is CN(CC1(N)CCCCC1)C1CCCCC1. The second-order valence-electron chi connectivity index (χ2n) is 6.13. The van der Waals surface area contributed by atoms with Crippen molar-refractivity contribution in [2.24, 2.45) is 5.73 Å². The van der Waals surface area contributed by atoms with Crippen molar-refractivity contribution in [2.75, 3.05) is 13.6 Å². The minimum Gasteiger partial charge on any atom is -0.324 e. The van der Waals surface area contributed by atoms with Gasteiger partial charge in [-0.2, -0.15) is 0 Å². The zero-order valence-electron chi connectivity index (χ0n) is 10.9. The lowest BCUT2D eigenvalue weighted by Crippen LogP contribution is -2.52. The molecule has 2 N–H and O–H groups in total. The van der Waals surface area contributed by atoms with E-state index in [1.165, 1.54) is 64.2 Å². The highest BCUT2D eigenvalue weighted by Crippen LogP contribution is 2.29. The van der Waals surface area contributed by atoms with E-state index in [-0.39, 0.29) is 5.54 Å². The molecule has 0 aromatic carbocycles. The van der Waals surface area contributed by atoms with Crippen LogP contribution < -0.4 is 5.73 Å². The topological polar surface area (TPSA) is 29.3 Å². The van der Waals surface area contributed by atoms with Crippen LogP contribution in [0.25, 0.3) is 0 Å². The van der Waals surface area contributed by atoms with Gasteiger partial charge in [0.2, 0.25) is 0 Å². The molecular formula is C14H28N2. The third-order valence-electron chi connectivity index (χ3n) is 4.61. The van der Waals surface area contributed by atoms with E-state index in [1.807, 2.05) is 0 Å². The van der Waals surface area contributed by atoms with E-state index in [0.29, 0.717) is 0 Å². The van der Waals surface area contributed by atoms with Crippen LogP contribution in [0.4, 0.5) is 0 Å². The van der Waals surface area contributed by atoms with Crippen LogP contribution in [0.1, 0.15) is 64.2 Å². The molecule has 2 aliphatic carbocycles. The van der Waals surface area contributed by atoms with Gasteiger partial charge in [0.15, 0.2) is 0 Å². The number of hydrogen-bond acceptors (Lipinski definition) is 2. The van der Waals surface area contributed by atoms with E-state index in [0.717, 1.165) is 12.6 Å². The number of nitrogens with zero attached hydrogens (tertiary/aromatic N) is 1. The van der Waals surface area contributed by atoms with Crippen LogP contribution in [0.5, 0.6) is 0 Å². The Morgan fingerprint density at radius 1 is 1.00 bits per heavy atom. The zero-order chi connectivity index (χ0) is 11.4. The summed E-state index contributed by atoms with van der Waals surface area (Å²) >= 11 is 0. The molecule has 94 valence electrons. The van der Waals surface area contributed by atoms with E-state index in [1.54, 1.807) is 0 Å². The van der Waals surface area contributed by atoms with Gasteiger partial charge in [0.25, 0.3) is 0 Å². The summed E-state index contributed by atoms with van der Waals surface area (Å²) in [4.78, 5) is 2.56. The van der Waals surface area contributed by atoms with Gasteiger partial charge in [-0.3, -0.25) is 0 Å². The number of likely N-dealkylation sites (N-methyl/N-ethyl adjacent to an activating group) is 1. The van der Waals surface area contributed by atoms with E-state index in [9.17, 15) is 0 Å². The molecule has 0 amide bonds. The maximum Gasteiger partial charge on any atom is 0.0283 e. The highest BCUT2D eigenvalue weighted by atomic mass is 15.1. The molecule has 16 heavy (non-hydrogen) atoms. The van der Waals surface area contributed by atoms with Gasteiger partial charge in [0, 0.05) is 18.1 Å². The third kappa shape index (κ3) is 3.21. The zero-order valence-corrected chi connectivity index (χ0v) is 10.9. The molecule has 2 aliphatic rings. The monoisotopic (exact) mass is 224 g/mol. The summed E-state index contributed by atoms with van der Waals surface area (Å²) in [5.41, 5.74) is 6.65. The van der Waals surface area contributed by atoms with Gasteiger partial charge in [-0.15, -0.1) is 0 Å². The van der Waals surface area contributed by atoms with Crippen LogP contribution in [0.15, 0.2) is 0 Å². The molecule has 2 fully saturated rings. The van der Waals surface area contributed by atoms with E-state index in [4.69, 9.17) is 5.73 Å². The summed E-state index contributed by atoms with van der Waals surface area (Å²) in [5, 5.41) is 0. The van der Waals surface area contributed by atoms with Gasteiger partial charge in [-0.05, 0) is 32.7 Å². The van der Waals surface area contributed by atoms with Crippen LogP contribution in [-0.2, 0) is 0 Å². The van der Waals surface area contributed by atoms with Crippen LogP contribution in [0, 0.1) is 0 Å². The Hall–Kier alpha value is -0.0800. The molecule has 0 aromatic heterocycles. The van der Waals surface area contributed by atoms with Crippen molar-refractivity contribution in [1.82, 2.24) is 4.90 Å². The quantitative estimate of drug-likeness (QED) is 0.798. The standard InChI is InChI=1S/C14H28N2/c1-16(13-8-4-2-5-9-13)12-14(15)10-6-3-7-11-14/h13H,2-12,15H2,1H3. The lowest BCUT2D eigenvalue weighted by atomic mass is 9.81. The van der Waals surface area contributed by atoms with Gasteiger partial charge in [-0.25, -0.2) is 0 Å². The smallest absolute Gasteiger partial charge is 0.0283 e. The van der Waals surface area contributed by atoms with Gasteiger partial charge in [0.05, 0.1) is 0 Å². The summed E-state index contributed by atoms with van der Waals surface area (Å²) in [7, 11) is 2.29. The van der Waals surface area contributed by atoms with E-state index < -0.39 is 0 Å². The predicted octanol–water partition coefficient (Wildman–Crippen LogP) is 2.91. The molecule has 0 aliphatic heterocycles. The Bertz CT molecular complexity index is 203. The molecule has 0 spiro atoms. The molecule has 2 saturated carbocycles. The predicted molar refractivity (Wildman–Crippen MR) is 69.5 cm³/mol. The van der Waals surface area contributed by atoms with E-state index >= 15 is 0 Å². The van der Waals surface area contributed by atoms with Gasteiger partial charge < -0.3 is 10.6 Å². The lowest BCUT2D eigenvalue weighted by Gasteiger charge is -2.40. The summed E-state index contributed by atoms with van der Waals surface area (Å²) in [6, 6.07) is 0.816. The lowest BCUT2D eigenvalue weighted by molar-refractivity contribution is 0.132. The first-order chi connectivity index (χ1) is 7.70. The van der Waals surface area contributed by atoms with Crippen molar-refractivity contribution >= 4 is 0 Å². The number of nitrogens with two attached hydrogens (primary N) is 1. The summed E-state index contributed by atoms with van der Waals surface area (Å²) < 4.78 is 0. The van der Waals surface area contributed by atoms with E-state index in [2.05, 4.69) is 11.9 Å². The minimum atomic E-state index is 0.129. The first-order valence-electron chi connectivity index (χ1n) is 7.19. The van der Waals surface area contributed by atoms with Crippen molar-refractivity contribution in [3.63, 3.8) is 0 Å². The van der Waals surface area contributed by atoms with Crippen LogP contribution >= 0.6 is 0 Å². The summed E-state index contributed by atoms with van der Waals surface area (Å²) in [6.45, 7) is 1.12. The Labute approximate surface area is 101 Å². The molecule has 0 atom stereocenters. The molecule has 0 heterocycles. The Balaban J connectivity index is 1.82. The van der Waals surface area contributed by atoms with Crippen molar-refractivity contribution in [3.8, 4) is 0 Å². The van der Waals surface area contributed by atoms with Crippen LogP contribution in [-0.4, -0.2) is 30.1 Å². The second-order valence-corrected chi connectivity index (χ2v) is 6.13. The maximum atomic E-state index is 6.52. The van der Waals surface area contributed by atoms with Crippen LogP contribution in [0.2, 0.25) is 0 Å². The first-order valence-corrected chi connectivity index (χ1v) is 7.19. The fourth-order valence-electron chi connectivity index (χ4n) is 3.56. The fourth-order valence-corrected chi connectivity index (χ4v) is 3.56. The fraction of sp³-hybridized carbons (Fsp3) is 1.00. The normalized spacial score (nSPS) is 27.2. The first kappa shape index (κ1) is 12.4. The Kier molecular flexibility index (Phi) is 4.26. The summed E-state index contributed by atoms with van der Waals surface area (Å²) in [5.74, 6) is 0. The molecule has 0 bridgehead atoms. The molecule has 0 unspecified atom stereocenters. The molecule has 2 heteroatoms. The van der Waals surface area contributed by atoms with Crippen LogP contribution in [0.3, 0.4) is 0 Å². The van der Waals surface area contributed by atoms with Crippen molar-refractivity contribution in [3.05, 3.63) is 0 Å². The number of rotatable bonds is 3. The molecule has 0 aromatic rings. The maximum absolute atomic E-state index is 6.52. The minimum absolute atomic E-state index is 0.129. The number of hydrogen-bond donors (Lipinski definition) is 1. The molecule has 0 saturated heterocycles.